The van der Waals surface area contributed by atoms with Gasteiger partial charge in [0.15, 0.2) is 5.65 Å². The van der Waals surface area contributed by atoms with Gasteiger partial charge in [-0.2, -0.15) is 0 Å². The molecular formula is C21H18F2N4. The number of aryl methyl sites for hydroxylation is 2. The molecule has 0 radical (unpaired) electrons. The van der Waals surface area contributed by atoms with Crippen LogP contribution in [0.5, 0.6) is 0 Å². The van der Waals surface area contributed by atoms with Gasteiger partial charge in [0.05, 0.1) is 11.1 Å². The van der Waals surface area contributed by atoms with Crippen molar-refractivity contribution >= 4 is 22.5 Å². The molecule has 2 heterocycles. The van der Waals surface area contributed by atoms with Crippen LogP contribution in [0.2, 0.25) is 0 Å². The minimum atomic E-state index is -0.629. The molecule has 0 atom stereocenters. The standard InChI is InChI=1S/C21H18F2N4/c1-12-5-4-6-17(7-12)26-20-19-13(2)14(3)27(21(19)25-11-24-20)18-9-15(22)8-16(23)10-18/h4-11H,1-3H3,(H,24,25,26). The third kappa shape index (κ3) is 3.03. The molecule has 0 unspecified atom stereocenters. The molecule has 0 spiro atoms. The topological polar surface area (TPSA) is 42.7 Å². The Morgan fingerprint density at radius 1 is 0.926 bits per heavy atom. The molecule has 1 N–H and O–H groups in total. The van der Waals surface area contributed by atoms with Crippen LogP contribution in [-0.2, 0) is 0 Å². The van der Waals surface area contributed by atoms with Gasteiger partial charge in [-0.15, -0.1) is 0 Å². The maximum absolute atomic E-state index is 13.8. The molecule has 0 bridgehead atoms. The van der Waals surface area contributed by atoms with Crippen LogP contribution in [0.1, 0.15) is 16.8 Å². The average Bonchev–Trinajstić information content (AvgIpc) is 2.86. The van der Waals surface area contributed by atoms with Gasteiger partial charge in [-0.3, -0.25) is 4.57 Å². The fourth-order valence-electron chi connectivity index (χ4n) is 3.34. The van der Waals surface area contributed by atoms with Crippen LogP contribution in [-0.4, -0.2) is 14.5 Å². The summed E-state index contributed by atoms with van der Waals surface area (Å²) in [6, 6.07) is 11.4. The first-order chi connectivity index (χ1) is 12.9. The van der Waals surface area contributed by atoms with Crippen molar-refractivity contribution in [3.05, 3.63) is 77.2 Å². The Labute approximate surface area is 155 Å². The van der Waals surface area contributed by atoms with Crippen molar-refractivity contribution in [3.63, 3.8) is 0 Å². The second kappa shape index (κ2) is 6.46. The first kappa shape index (κ1) is 17.1. The van der Waals surface area contributed by atoms with Crippen LogP contribution in [0.15, 0.2) is 48.8 Å². The summed E-state index contributed by atoms with van der Waals surface area (Å²) in [5, 5.41) is 4.15. The Kier molecular flexibility index (Phi) is 4.11. The van der Waals surface area contributed by atoms with Crippen LogP contribution in [0, 0.1) is 32.4 Å². The molecular weight excluding hydrogens is 346 g/mol. The lowest BCUT2D eigenvalue weighted by atomic mass is 10.2. The van der Waals surface area contributed by atoms with Gasteiger partial charge < -0.3 is 5.32 Å². The Hall–Kier alpha value is -3.28. The fourth-order valence-corrected chi connectivity index (χ4v) is 3.34. The number of nitrogens with zero attached hydrogens (tertiary/aromatic N) is 3. The van der Waals surface area contributed by atoms with E-state index in [0.29, 0.717) is 17.2 Å². The average molecular weight is 364 g/mol. The molecule has 2 aromatic carbocycles. The Bertz CT molecular complexity index is 1140. The molecule has 27 heavy (non-hydrogen) atoms. The van der Waals surface area contributed by atoms with Crippen molar-refractivity contribution in [2.24, 2.45) is 0 Å². The molecule has 136 valence electrons. The Balaban J connectivity index is 1.92. The minimum Gasteiger partial charge on any atom is -0.340 e. The molecule has 0 fully saturated rings. The van der Waals surface area contributed by atoms with E-state index in [-0.39, 0.29) is 0 Å². The normalized spacial score (nSPS) is 11.1. The largest absolute Gasteiger partial charge is 0.340 e. The van der Waals surface area contributed by atoms with Crippen LogP contribution in [0.3, 0.4) is 0 Å². The minimum absolute atomic E-state index is 0.392. The van der Waals surface area contributed by atoms with Gasteiger partial charge in [0.25, 0.3) is 0 Å². The number of rotatable bonds is 3. The second-order valence-corrected chi connectivity index (χ2v) is 6.59. The zero-order valence-corrected chi connectivity index (χ0v) is 15.2. The van der Waals surface area contributed by atoms with E-state index in [4.69, 9.17) is 0 Å². The summed E-state index contributed by atoms with van der Waals surface area (Å²) in [4.78, 5) is 8.78. The number of hydrogen-bond donors (Lipinski definition) is 1. The summed E-state index contributed by atoms with van der Waals surface area (Å²) in [6.07, 6.45) is 1.45. The van der Waals surface area contributed by atoms with E-state index in [1.54, 1.807) is 4.57 Å². The molecule has 4 rings (SSSR count). The van der Waals surface area contributed by atoms with Crippen molar-refractivity contribution in [3.8, 4) is 5.69 Å². The van der Waals surface area contributed by atoms with E-state index in [9.17, 15) is 8.78 Å². The molecule has 0 aliphatic carbocycles. The molecule has 0 amide bonds. The van der Waals surface area contributed by atoms with Crippen LogP contribution >= 0.6 is 0 Å². The summed E-state index contributed by atoms with van der Waals surface area (Å²) >= 11 is 0. The Morgan fingerprint density at radius 2 is 1.67 bits per heavy atom. The highest BCUT2D eigenvalue weighted by atomic mass is 19.1. The highest BCUT2D eigenvalue weighted by Gasteiger charge is 2.18. The summed E-state index contributed by atoms with van der Waals surface area (Å²) in [7, 11) is 0. The third-order valence-electron chi connectivity index (χ3n) is 4.68. The second-order valence-electron chi connectivity index (χ2n) is 6.59. The molecule has 2 aromatic heterocycles. The van der Waals surface area contributed by atoms with Crippen molar-refractivity contribution in [1.29, 1.82) is 0 Å². The van der Waals surface area contributed by atoms with Gasteiger partial charge in [-0.05, 0) is 56.2 Å². The van der Waals surface area contributed by atoms with Crippen molar-refractivity contribution < 1.29 is 8.78 Å². The summed E-state index contributed by atoms with van der Waals surface area (Å²) in [5.41, 5.74) is 4.83. The van der Waals surface area contributed by atoms with Gasteiger partial charge in [-0.25, -0.2) is 18.7 Å². The van der Waals surface area contributed by atoms with Crippen molar-refractivity contribution in [2.45, 2.75) is 20.8 Å². The number of aromatic nitrogens is 3. The van der Waals surface area contributed by atoms with Gasteiger partial charge >= 0.3 is 0 Å². The van der Waals surface area contributed by atoms with Gasteiger partial charge in [0, 0.05) is 17.4 Å². The van der Waals surface area contributed by atoms with Gasteiger partial charge in [0.1, 0.15) is 23.8 Å². The fraction of sp³-hybridized carbons (Fsp3) is 0.143. The summed E-state index contributed by atoms with van der Waals surface area (Å²) < 4.78 is 29.3. The summed E-state index contributed by atoms with van der Waals surface area (Å²) in [5.74, 6) is -0.603. The van der Waals surface area contributed by atoms with Gasteiger partial charge in [0.2, 0.25) is 0 Å². The van der Waals surface area contributed by atoms with E-state index in [0.717, 1.165) is 34.0 Å². The lowest BCUT2D eigenvalue weighted by Crippen LogP contribution is -2.01. The number of hydrogen-bond acceptors (Lipinski definition) is 3. The quantitative estimate of drug-likeness (QED) is 0.532. The smallest absolute Gasteiger partial charge is 0.150 e. The van der Waals surface area contributed by atoms with E-state index in [1.165, 1.54) is 18.5 Å². The van der Waals surface area contributed by atoms with E-state index in [2.05, 4.69) is 15.3 Å². The van der Waals surface area contributed by atoms with Crippen LogP contribution in [0.4, 0.5) is 20.3 Å². The van der Waals surface area contributed by atoms with E-state index < -0.39 is 11.6 Å². The molecule has 0 aliphatic rings. The van der Waals surface area contributed by atoms with Gasteiger partial charge in [-0.1, -0.05) is 12.1 Å². The van der Waals surface area contributed by atoms with Crippen molar-refractivity contribution in [1.82, 2.24) is 14.5 Å². The van der Waals surface area contributed by atoms with Crippen LogP contribution < -0.4 is 5.32 Å². The Morgan fingerprint density at radius 3 is 2.37 bits per heavy atom. The molecule has 0 saturated heterocycles. The predicted octanol–water partition coefficient (Wildman–Crippen LogP) is 5.37. The highest BCUT2D eigenvalue weighted by Crippen LogP contribution is 2.33. The molecule has 6 heteroatoms. The zero-order chi connectivity index (χ0) is 19.1. The summed E-state index contributed by atoms with van der Waals surface area (Å²) in [6.45, 7) is 5.87. The van der Waals surface area contributed by atoms with E-state index in [1.807, 2.05) is 45.0 Å². The van der Waals surface area contributed by atoms with Crippen molar-refractivity contribution in [2.75, 3.05) is 5.32 Å². The third-order valence-corrected chi connectivity index (χ3v) is 4.68. The maximum Gasteiger partial charge on any atom is 0.150 e. The maximum atomic E-state index is 13.8. The number of fused-ring (bicyclic) bond motifs is 1. The number of halogens is 2. The first-order valence-corrected chi connectivity index (χ1v) is 8.57. The predicted molar refractivity (Wildman–Crippen MR) is 103 cm³/mol. The SMILES string of the molecule is Cc1cccc(Nc2ncnc3c2c(C)c(C)n3-c2cc(F)cc(F)c2)c1. The molecule has 0 saturated carbocycles. The van der Waals surface area contributed by atoms with E-state index >= 15 is 0 Å². The lowest BCUT2D eigenvalue weighted by Gasteiger charge is -2.09. The number of benzene rings is 2. The monoisotopic (exact) mass is 364 g/mol. The molecule has 4 aromatic rings. The first-order valence-electron chi connectivity index (χ1n) is 8.57. The molecule has 4 nitrogen and oxygen atoms in total. The highest BCUT2D eigenvalue weighted by molar-refractivity contribution is 5.94. The van der Waals surface area contributed by atoms with Crippen LogP contribution in [0.25, 0.3) is 16.7 Å². The number of anilines is 2. The number of nitrogens with one attached hydrogen (secondary N) is 1. The lowest BCUT2D eigenvalue weighted by molar-refractivity contribution is 0.581. The molecule has 0 aliphatic heterocycles. The zero-order valence-electron chi connectivity index (χ0n) is 15.2.